The van der Waals surface area contributed by atoms with Gasteiger partial charge in [0, 0.05) is 10.6 Å². The molecule has 1 aromatic carbocycles. The molecule has 24 heavy (non-hydrogen) atoms. The molecule has 0 aliphatic heterocycles. The standard InChI is InChI=1S/C11H2Cl3F9O/c12-3-1-4(6(14)5(13)2-3)7(24)8(15,16)9(17,18)10(19,20)11(21,22)23/h1-2H. The number of alkyl halides is 9. The topological polar surface area (TPSA) is 17.1 Å². The van der Waals surface area contributed by atoms with Crippen LogP contribution in [0.3, 0.4) is 0 Å². The molecule has 0 bridgehead atoms. The first-order valence-electron chi connectivity index (χ1n) is 5.38. The van der Waals surface area contributed by atoms with Crippen molar-refractivity contribution in [2.45, 2.75) is 23.9 Å². The largest absolute Gasteiger partial charge is 0.460 e. The van der Waals surface area contributed by atoms with Crippen LogP contribution in [0.4, 0.5) is 39.5 Å². The highest BCUT2D eigenvalue weighted by Gasteiger charge is 2.83. The summed E-state index contributed by atoms with van der Waals surface area (Å²) in [4.78, 5) is 11.5. The van der Waals surface area contributed by atoms with Crippen molar-refractivity contribution in [3.05, 3.63) is 32.8 Å². The lowest BCUT2D eigenvalue weighted by Crippen LogP contribution is -2.63. The number of halogens is 12. The zero-order valence-electron chi connectivity index (χ0n) is 10.6. The van der Waals surface area contributed by atoms with E-state index < -0.39 is 50.4 Å². The third kappa shape index (κ3) is 3.15. The third-order valence-corrected chi connectivity index (χ3v) is 3.69. The zero-order valence-corrected chi connectivity index (χ0v) is 12.9. The van der Waals surface area contributed by atoms with Gasteiger partial charge in [0.2, 0.25) is 5.78 Å². The number of Topliss-reactive ketones (excluding diaryl/α,β-unsaturated/α-hetero) is 1. The molecule has 0 spiro atoms. The third-order valence-electron chi connectivity index (χ3n) is 2.67. The van der Waals surface area contributed by atoms with Crippen molar-refractivity contribution >= 4 is 40.6 Å². The van der Waals surface area contributed by atoms with E-state index in [2.05, 4.69) is 0 Å². The first-order chi connectivity index (χ1) is 10.5. The number of rotatable bonds is 4. The summed E-state index contributed by atoms with van der Waals surface area (Å²) in [6.45, 7) is 0. The first-order valence-corrected chi connectivity index (χ1v) is 6.51. The predicted octanol–water partition coefficient (Wildman–Crippen LogP) is 6.30. The number of hydrogen-bond donors (Lipinski definition) is 0. The van der Waals surface area contributed by atoms with E-state index in [1.165, 1.54) is 0 Å². The number of ketones is 1. The van der Waals surface area contributed by atoms with E-state index in [9.17, 15) is 44.3 Å². The SMILES string of the molecule is O=C(c1cc(Cl)cc(Cl)c1Cl)C(F)(F)C(F)(F)C(F)(F)C(F)(F)F. The molecule has 0 aliphatic carbocycles. The monoisotopic (exact) mass is 426 g/mol. The minimum absolute atomic E-state index is 0.272. The van der Waals surface area contributed by atoms with Gasteiger partial charge in [0.1, 0.15) is 0 Å². The Morgan fingerprint density at radius 2 is 1.25 bits per heavy atom. The van der Waals surface area contributed by atoms with Gasteiger partial charge in [0.25, 0.3) is 0 Å². The average Bonchev–Trinajstić information content (AvgIpc) is 2.40. The Kier molecular flexibility index (Phi) is 5.41. The lowest BCUT2D eigenvalue weighted by molar-refractivity contribution is -0.386. The van der Waals surface area contributed by atoms with E-state index in [0.717, 1.165) is 6.07 Å². The van der Waals surface area contributed by atoms with E-state index >= 15 is 0 Å². The first kappa shape index (κ1) is 21.2. The van der Waals surface area contributed by atoms with Gasteiger partial charge in [0.15, 0.2) is 0 Å². The van der Waals surface area contributed by atoms with Crippen molar-refractivity contribution in [2.24, 2.45) is 0 Å². The van der Waals surface area contributed by atoms with Crippen LogP contribution in [0.15, 0.2) is 12.1 Å². The second-order valence-corrected chi connectivity index (χ2v) is 5.52. The normalized spacial score (nSPS) is 14.0. The number of benzene rings is 1. The molecule has 0 saturated heterocycles. The summed E-state index contributed by atoms with van der Waals surface area (Å²) in [5.74, 6) is -23.9. The fourth-order valence-corrected chi connectivity index (χ4v) is 2.10. The molecule has 13 heteroatoms. The Labute approximate surface area is 142 Å². The van der Waals surface area contributed by atoms with Gasteiger partial charge in [-0.15, -0.1) is 0 Å². The van der Waals surface area contributed by atoms with Gasteiger partial charge < -0.3 is 0 Å². The second kappa shape index (κ2) is 6.14. The maximum absolute atomic E-state index is 13.5. The Morgan fingerprint density at radius 1 is 0.792 bits per heavy atom. The Morgan fingerprint density at radius 3 is 1.67 bits per heavy atom. The number of carbonyl (C=O) groups is 1. The highest BCUT2D eigenvalue weighted by atomic mass is 35.5. The van der Waals surface area contributed by atoms with Crippen LogP contribution < -0.4 is 0 Å². The van der Waals surface area contributed by atoms with E-state index in [-0.39, 0.29) is 6.07 Å². The molecular weight excluding hydrogens is 425 g/mol. The molecule has 0 saturated carbocycles. The fraction of sp³-hybridized carbons (Fsp3) is 0.364. The molecule has 0 fully saturated rings. The summed E-state index contributed by atoms with van der Waals surface area (Å²) >= 11 is 16.0. The van der Waals surface area contributed by atoms with Crippen LogP contribution in [0.25, 0.3) is 0 Å². The Hall–Kier alpha value is -0.870. The van der Waals surface area contributed by atoms with Crippen molar-refractivity contribution in [3.8, 4) is 0 Å². The minimum atomic E-state index is -7.20. The van der Waals surface area contributed by atoms with Crippen LogP contribution in [-0.2, 0) is 0 Å². The van der Waals surface area contributed by atoms with Gasteiger partial charge >= 0.3 is 23.9 Å². The summed E-state index contributed by atoms with van der Waals surface area (Å²) in [6.07, 6.45) is -7.05. The zero-order chi connectivity index (χ0) is 19.3. The molecule has 1 nitrogen and oxygen atoms in total. The van der Waals surface area contributed by atoms with Gasteiger partial charge in [-0.25, -0.2) is 0 Å². The lowest BCUT2D eigenvalue weighted by Gasteiger charge is -2.32. The van der Waals surface area contributed by atoms with Crippen LogP contribution in [-0.4, -0.2) is 29.7 Å². The molecule has 0 heterocycles. The van der Waals surface area contributed by atoms with Gasteiger partial charge in [-0.1, -0.05) is 34.8 Å². The molecule has 136 valence electrons. The van der Waals surface area contributed by atoms with Crippen LogP contribution in [0.5, 0.6) is 0 Å². The molecule has 1 rings (SSSR count). The Balaban J connectivity index is 3.52. The summed E-state index contributed by atoms with van der Waals surface area (Å²) in [6, 6.07) is 1.07. The van der Waals surface area contributed by atoms with E-state index in [1.807, 2.05) is 0 Å². The van der Waals surface area contributed by atoms with Crippen LogP contribution >= 0.6 is 34.8 Å². The predicted molar refractivity (Wildman–Crippen MR) is 66.7 cm³/mol. The van der Waals surface area contributed by atoms with Gasteiger partial charge in [-0.2, -0.15) is 39.5 Å². The van der Waals surface area contributed by atoms with Crippen molar-refractivity contribution in [1.82, 2.24) is 0 Å². The van der Waals surface area contributed by atoms with Gasteiger partial charge in [0.05, 0.1) is 10.0 Å². The van der Waals surface area contributed by atoms with Crippen LogP contribution in [0.1, 0.15) is 10.4 Å². The maximum Gasteiger partial charge on any atom is 0.460 e. The quantitative estimate of drug-likeness (QED) is 0.313. The van der Waals surface area contributed by atoms with Crippen molar-refractivity contribution in [2.75, 3.05) is 0 Å². The second-order valence-electron chi connectivity index (χ2n) is 4.30. The smallest absolute Gasteiger partial charge is 0.287 e. The van der Waals surface area contributed by atoms with Gasteiger partial charge in [-0.05, 0) is 12.1 Å². The summed E-state index contributed by atoms with van der Waals surface area (Å²) in [7, 11) is 0. The lowest BCUT2D eigenvalue weighted by atomic mass is 9.95. The number of hydrogen-bond acceptors (Lipinski definition) is 1. The summed E-state index contributed by atoms with van der Waals surface area (Å²) in [5, 5.41) is -2.33. The van der Waals surface area contributed by atoms with Crippen LogP contribution in [0.2, 0.25) is 15.1 Å². The molecule has 0 unspecified atom stereocenters. The average molecular weight is 427 g/mol. The highest BCUT2D eigenvalue weighted by molar-refractivity contribution is 6.45. The summed E-state index contributed by atoms with van der Waals surface area (Å²) < 4.78 is 115. The molecule has 0 radical (unpaired) electrons. The van der Waals surface area contributed by atoms with E-state index in [0.29, 0.717) is 0 Å². The van der Waals surface area contributed by atoms with E-state index in [4.69, 9.17) is 34.8 Å². The van der Waals surface area contributed by atoms with Crippen molar-refractivity contribution in [3.63, 3.8) is 0 Å². The molecule has 0 amide bonds. The highest BCUT2D eigenvalue weighted by Crippen LogP contribution is 2.54. The minimum Gasteiger partial charge on any atom is -0.287 e. The molecule has 0 atom stereocenters. The van der Waals surface area contributed by atoms with E-state index in [1.54, 1.807) is 0 Å². The fourth-order valence-electron chi connectivity index (χ4n) is 1.41. The molecule has 0 N–H and O–H groups in total. The molecule has 1 aromatic rings. The maximum atomic E-state index is 13.5. The van der Waals surface area contributed by atoms with Gasteiger partial charge in [-0.3, -0.25) is 4.79 Å². The van der Waals surface area contributed by atoms with Crippen molar-refractivity contribution in [1.29, 1.82) is 0 Å². The Bertz CT molecular complexity index is 669. The van der Waals surface area contributed by atoms with Crippen LogP contribution in [0, 0.1) is 0 Å². The van der Waals surface area contributed by atoms with Crippen molar-refractivity contribution < 1.29 is 44.3 Å². The number of carbonyl (C=O) groups excluding carboxylic acids is 1. The summed E-state index contributed by atoms with van der Waals surface area (Å²) in [5.41, 5.74) is -1.54. The molecule has 0 aromatic heterocycles. The molecule has 0 aliphatic rings. The molecular formula is C11H2Cl3F9O.